The molecular weight excluding hydrogens is 536 g/mol. The highest BCUT2D eigenvalue weighted by molar-refractivity contribution is 7.12. The maximum atomic E-state index is 13.5. The van der Waals surface area contributed by atoms with Gasteiger partial charge in [-0.3, -0.25) is 9.59 Å². The van der Waals surface area contributed by atoms with Crippen LogP contribution in [0, 0.1) is 0 Å². The maximum Gasteiger partial charge on any atom is 0.407 e. The van der Waals surface area contributed by atoms with Crippen molar-refractivity contribution in [3.8, 4) is 0 Å². The fourth-order valence-electron chi connectivity index (χ4n) is 4.07. The predicted octanol–water partition coefficient (Wildman–Crippen LogP) is 5.72. The summed E-state index contributed by atoms with van der Waals surface area (Å²) in [7, 11) is 0. The molecule has 0 aliphatic rings. The molecule has 0 spiro atoms. The number of thiophene rings is 1. The minimum Gasteiger partial charge on any atom is -0.444 e. The molecule has 0 aliphatic carbocycles. The smallest absolute Gasteiger partial charge is 0.407 e. The lowest BCUT2D eigenvalue weighted by atomic mass is 10.1. The molecule has 2 aromatic heterocycles. The molecule has 0 atom stereocenters. The van der Waals surface area contributed by atoms with Crippen molar-refractivity contribution < 1.29 is 14.3 Å². The van der Waals surface area contributed by atoms with Crippen molar-refractivity contribution in [3.63, 3.8) is 0 Å². The van der Waals surface area contributed by atoms with Crippen molar-refractivity contribution in [3.05, 3.63) is 97.6 Å². The van der Waals surface area contributed by atoms with Crippen LogP contribution in [0.1, 0.15) is 48.1 Å². The summed E-state index contributed by atoms with van der Waals surface area (Å²) < 4.78 is 6.72. The van der Waals surface area contributed by atoms with Crippen LogP contribution < -0.4 is 10.9 Å². The van der Waals surface area contributed by atoms with E-state index in [9.17, 15) is 14.4 Å². The second-order valence-corrected chi connectivity index (χ2v) is 11.5. The summed E-state index contributed by atoms with van der Waals surface area (Å²) in [6.07, 6.45) is -0.00691. The SMILES string of the molecule is CC(C)(C)OC(=O)NCCCN(Cc1nn(Cc2ccccc2)c(=O)c2ccc(Cl)cc12)C(=O)c1cccs1. The third-order valence-corrected chi connectivity index (χ3v) is 6.90. The normalized spacial score (nSPS) is 11.4. The number of carbonyl (C=O) groups excluding carboxylic acids is 2. The average Bonchev–Trinajstić information content (AvgIpc) is 3.42. The summed E-state index contributed by atoms with van der Waals surface area (Å²) in [5.74, 6) is -0.153. The van der Waals surface area contributed by atoms with Crippen LogP contribution in [0.15, 0.2) is 70.8 Å². The van der Waals surface area contributed by atoms with E-state index >= 15 is 0 Å². The molecule has 0 aliphatic heterocycles. The summed E-state index contributed by atoms with van der Waals surface area (Å²) in [5.41, 5.74) is 0.674. The van der Waals surface area contributed by atoms with Crippen molar-refractivity contribution in [2.45, 2.75) is 45.9 Å². The number of aromatic nitrogens is 2. The van der Waals surface area contributed by atoms with E-state index in [0.29, 0.717) is 52.4 Å². The monoisotopic (exact) mass is 566 g/mol. The number of amides is 2. The fourth-order valence-corrected chi connectivity index (χ4v) is 4.93. The zero-order valence-corrected chi connectivity index (χ0v) is 23.7. The van der Waals surface area contributed by atoms with Gasteiger partial charge in [0.1, 0.15) is 5.60 Å². The fraction of sp³-hybridized carbons (Fsp3) is 0.310. The van der Waals surface area contributed by atoms with Crippen LogP contribution in [0.25, 0.3) is 10.8 Å². The van der Waals surface area contributed by atoms with Gasteiger partial charge in [-0.25, -0.2) is 9.48 Å². The third kappa shape index (κ3) is 7.68. The van der Waals surface area contributed by atoms with E-state index < -0.39 is 11.7 Å². The highest BCUT2D eigenvalue weighted by Gasteiger charge is 2.21. The summed E-state index contributed by atoms with van der Waals surface area (Å²) in [6.45, 7) is 6.54. The van der Waals surface area contributed by atoms with Crippen molar-refractivity contribution in [2.75, 3.05) is 13.1 Å². The van der Waals surface area contributed by atoms with E-state index in [0.717, 1.165) is 5.56 Å². The molecule has 8 nitrogen and oxygen atoms in total. The largest absolute Gasteiger partial charge is 0.444 e. The topological polar surface area (TPSA) is 93.5 Å². The van der Waals surface area contributed by atoms with Gasteiger partial charge in [0, 0.05) is 23.5 Å². The van der Waals surface area contributed by atoms with Crippen molar-refractivity contribution in [1.82, 2.24) is 20.0 Å². The molecule has 0 bridgehead atoms. The number of ether oxygens (including phenoxy) is 1. The number of benzene rings is 2. The Morgan fingerprint density at radius 1 is 1.08 bits per heavy atom. The molecule has 2 heterocycles. The molecule has 39 heavy (non-hydrogen) atoms. The van der Waals surface area contributed by atoms with Crippen molar-refractivity contribution in [2.24, 2.45) is 0 Å². The van der Waals surface area contributed by atoms with Gasteiger partial charge in [-0.15, -0.1) is 11.3 Å². The molecule has 4 aromatic rings. The molecule has 0 radical (unpaired) electrons. The van der Waals surface area contributed by atoms with Crippen molar-refractivity contribution >= 4 is 45.7 Å². The van der Waals surface area contributed by atoms with Crippen LogP contribution in [0.3, 0.4) is 0 Å². The maximum absolute atomic E-state index is 13.5. The van der Waals surface area contributed by atoms with Gasteiger partial charge in [-0.2, -0.15) is 5.10 Å². The van der Waals surface area contributed by atoms with E-state index in [2.05, 4.69) is 5.32 Å². The molecule has 0 saturated heterocycles. The van der Waals surface area contributed by atoms with E-state index in [4.69, 9.17) is 21.4 Å². The lowest BCUT2D eigenvalue weighted by molar-refractivity contribution is 0.0525. The number of alkyl carbamates (subject to hydrolysis) is 1. The molecule has 0 fully saturated rings. The Morgan fingerprint density at radius 2 is 1.85 bits per heavy atom. The van der Waals surface area contributed by atoms with Crippen LogP contribution in [-0.2, 0) is 17.8 Å². The first-order valence-electron chi connectivity index (χ1n) is 12.6. The number of halogens is 1. The molecule has 2 aromatic carbocycles. The van der Waals surface area contributed by atoms with Gasteiger partial charge in [0.25, 0.3) is 11.5 Å². The van der Waals surface area contributed by atoms with Crippen LogP contribution in [0.2, 0.25) is 5.02 Å². The zero-order valence-electron chi connectivity index (χ0n) is 22.1. The van der Waals surface area contributed by atoms with Gasteiger partial charge >= 0.3 is 6.09 Å². The summed E-state index contributed by atoms with van der Waals surface area (Å²) >= 11 is 7.66. The first-order chi connectivity index (χ1) is 18.6. The second kappa shape index (κ2) is 12.4. The van der Waals surface area contributed by atoms with E-state index in [1.807, 2.05) is 41.8 Å². The van der Waals surface area contributed by atoms with E-state index in [1.165, 1.54) is 16.0 Å². The summed E-state index contributed by atoms with van der Waals surface area (Å²) in [6, 6.07) is 18.3. The van der Waals surface area contributed by atoms with Crippen LogP contribution in [0.4, 0.5) is 4.79 Å². The number of hydrogen-bond donors (Lipinski definition) is 1. The molecule has 0 unspecified atom stereocenters. The molecule has 2 amide bonds. The van der Waals surface area contributed by atoms with Crippen LogP contribution >= 0.6 is 22.9 Å². The number of nitrogens with zero attached hydrogens (tertiary/aromatic N) is 3. The van der Waals surface area contributed by atoms with Gasteiger partial charge in [-0.05, 0) is 62.4 Å². The Labute approximate surface area is 236 Å². The van der Waals surface area contributed by atoms with E-state index in [1.54, 1.807) is 49.9 Å². The minimum absolute atomic E-state index is 0.153. The Hall–Kier alpha value is -3.69. The van der Waals surface area contributed by atoms with Gasteiger partial charge < -0.3 is 15.0 Å². The molecular formula is C29H31ClN4O4S. The van der Waals surface area contributed by atoms with Gasteiger partial charge in [-0.1, -0.05) is 48.0 Å². The quantitative estimate of drug-likeness (QED) is 0.262. The van der Waals surface area contributed by atoms with Gasteiger partial charge in [0.05, 0.1) is 29.0 Å². The summed E-state index contributed by atoms with van der Waals surface area (Å²) in [4.78, 5) is 41.1. The lowest BCUT2D eigenvalue weighted by Gasteiger charge is -2.24. The Bertz CT molecular complexity index is 1500. The average molecular weight is 567 g/mol. The zero-order chi connectivity index (χ0) is 28.0. The van der Waals surface area contributed by atoms with E-state index in [-0.39, 0.29) is 18.0 Å². The molecule has 204 valence electrons. The Kier molecular flexibility index (Phi) is 9.04. The number of carbonyl (C=O) groups is 2. The van der Waals surface area contributed by atoms with Gasteiger partial charge in [0.2, 0.25) is 0 Å². The van der Waals surface area contributed by atoms with Crippen LogP contribution in [0.5, 0.6) is 0 Å². The summed E-state index contributed by atoms with van der Waals surface area (Å²) in [5, 5.41) is 10.9. The number of hydrogen-bond acceptors (Lipinski definition) is 6. The number of rotatable bonds is 9. The molecule has 1 N–H and O–H groups in total. The Balaban J connectivity index is 1.62. The number of nitrogens with one attached hydrogen (secondary N) is 1. The van der Waals surface area contributed by atoms with Crippen molar-refractivity contribution in [1.29, 1.82) is 0 Å². The minimum atomic E-state index is -0.595. The molecule has 0 saturated carbocycles. The number of fused-ring (bicyclic) bond motifs is 1. The first kappa shape index (κ1) is 28.3. The highest BCUT2D eigenvalue weighted by atomic mass is 35.5. The lowest BCUT2D eigenvalue weighted by Crippen LogP contribution is -2.36. The predicted molar refractivity (Wildman–Crippen MR) is 154 cm³/mol. The Morgan fingerprint density at radius 3 is 2.54 bits per heavy atom. The second-order valence-electron chi connectivity index (χ2n) is 10.1. The molecule has 4 rings (SSSR count). The first-order valence-corrected chi connectivity index (χ1v) is 13.9. The standard InChI is InChI=1S/C29H31ClN4O4S/c1-29(2,3)38-28(37)31-14-8-15-33(27(36)25-11-7-16-39-25)19-24-23-17-21(30)12-13-22(23)26(35)34(32-24)18-20-9-5-4-6-10-20/h4-7,9-13,16-17H,8,14-15,18-19H2,1-3H3,(H,31,37). The molecule has 10 heteroatoms. The van der Waals surface area contributed by atoms with Gasteiger partial charge in [0.15, 0.2) is 0 Å². The van der Waals surface area contributed by atoms with Crippen LogP contribution in [-0.4, -0.2) is 45.4 Å². The highest BCUT2D eigenvalue weighted by Crippen LogP contribution is 2.22. The third-order valence-electron chi connectivity index (χ3n) is 5.81.